The highest BCUT2D eigenvalue weighted by Gasteiger charge is 2.35. The molecule has 1 aliphatic heterocycles. The lowest BCUT2D eigenvalue weighted by Gasteiger charge is -2.16. The second-order valence-electron chi connectivity index (χ2n) is 8.19. The van der Waals surface area contributed by atoms with Gasteiger partial charge >= 0.3 is 0 Å². The average Bonchev–Trinajstić information content (AvgIpc) is 3.51. The van der Waals surface area contributed by atoms with E-state index in [0.29, 0.717) is 37.5 Å². The maximum absolute atomic E-state index is 13.6. The van der Waals surface area contributed by atoms with Gasteiger partial charge < -0.3 is 5.32 Å². The van der Waals surface area contributed by atoms with Crippen LogP contribution >= 0.6 is 34.5 Å². The number of thiazole rings is 1. The number of carbonyl (C=O) groups excluding carboxylic acids is 2. The molecule has 1 N–H and O–H groups in total. The number of halogens is 2. The van der Waals surface area contributed by atoms with Gasteiger partial charge in [-0.05, 0) is 36.4 Å². The first-order valence-corrected chi connectivity index (χ1v) is 12.6. The van der Waals surface area contributed by atoms with Crippen LogP contribution in [0.2, 0.25) is 10.0 Å². The number of fused-ring (bicyclic) bond motifs is 2. The summed E-state index contributed by atoms with van der Waals surface area (Å²) in [5.41, 5.74) is 2.03. The van der Waals surface area contributed by atoms with Crippen LogP contribution in [0.25, 0.3) is 21.9 Å². The third-order valence-corrected chi connectivity index (χ3v) is 7.42. The molecule has 0 unspecified atom stereocenters. The zero-order valence-corrected chi connectivity index (χ0v) is 21.1. The van der Waals surface area contributed by atoms with Crippen molar-refractivity contribution in [1.29, 1.82) is 0 Å². The summed E-state index contributed by atoms with van der Waals surface area (Å²) in [5, 5.41) is 7.95. The second-order valence-corrected chi connectivity index (χ2v) is 10.0. The van der Waals surface area contributed by atoms with Gasteiger partial charge in [0.05, 0.1) is 16.3 Å². The molecule has 182 valence electrons. The van der Waals surface area contributed by atoms with Crippen LogP contribution in [0.15, 0.2) is 77.6 Å². The number of carbonyl (C=O) groups is 2. The van der Waals surface area contributed by atoms with Gasteiger partial charge in [0.1, 0.15) is 11.1 Å². The Labute approximate surface area is 223 Å². The van der Waals surface area contributed by atoms with Gasteiger partial charge in [-0.2, -0.15) is 9.50 Å². The average molecular weight is 548 g/mol. The Hall–Kier alpha value is -4.05. The van der Waals surface area contributed by atoms with E-state index in [1.165, 1.54) is 4.90 Å². The molecule has 6 rings (SSSR count). The lowest BCUT2D eigenvalue weighted by Crippen LogP contribution is -2.37. The van der Waals surface area contributed by atoms with Crippen LogP contribution in [0.5, 0.6) is 0 Å². The van der Waals surface area contributed by atoms with Crippen LogP contribution in [0.4, 0.5) is 11.4 Å². The van der Waals surface area contributed by atoms with Gasteiger partial charge in [0.15, 0.2) is 5.82 Å². The van der Waals surface area contributed by atoms with E-state index < -0.39 is 11.5 Å². The third-order valence-electron chi connectivity index (χ3n) is 5.84. The van der Waals surface area contributed by atoms with Crippen molar-refractivity contribution in [3.63, 3.8) is 0 Å². The van der Waals surface area contributed by atoms with E-state index in [1.807, 2.05) is 6.07 Å². The Balaban J connectivity index is 1.41. The van der Waals surface area contributed by atoms with E-state index in [0.717, 1.165) is 15.9 Å². The summed E-state index contributed by atoms with van der Waals surface area (Å²) in [6.07, 6.45) is 0. The Morgan fingerprint density at radius 3 is 2.46 bits per heavy atom. The number of hydrogen-bond acceptors (Lipinski definition) is 6. The zero-order chi connectivity index (χ0) is 25.7. The van der Waals surface area contributed by atoms with Crippen molar-refractivity contribution in [3.05, 3.63) is 103 Å². The Bertz CT molecular complexity index is 1830. The number of aromatic nitrogens is 3. The van der Waals surface area contributed by atoms with Gasteiger partial charge in [0.25, 0.3) is 11.5 Å². The van der Waals surface area contributed by atoms with Crippen molar-refractivity contribution in [2.75, 3.05) is 16.8 Å². The Morgan fingerprint density at radius 1 is 0.946 bits per heavy atom. The lowest BCUT2D eigenvalue weighted by atomic mass is 10.1. The molecule has 37 heavy (non-hydrogen) atoms. The molecular formula is C26H15Cl2N5O3S. The summed E-state index contributed by atoms with van der Waals surface area (Å²) in [6, 6.07) is 21.0. The van der Waals surface area contributed by atoms with E-state index in [4.69, 9.17) is 23.2 Å². The van der Waals surface area contributed by atoms with Gasteiger partial charge in [-0.15, -0.1) is 5.10 Å². The summed E-state index contributed by atoms with van der Waals surface area (Å²) < 4.78 is 1.36. The van der Waals surface area contributed by atoms with Crippen molar-refractivity contribution >= 4 is 68.3 Å². The van der Waals surface area contributed by atoms with Crippen LogP contribution in [-0.4, -0.2) is 33.0 Å². The second kappa shape index (κ2) is 9.11. The number of nitrogens with one attached hydrogen (secondary N) is 1. The molecule has 0 spiro atoms. The molecule has 2 aromatic heterocycles. The highest BCUT2D eigenvalue weighted by Crippen LogP contribution is 2.35. The predicted octanol–water partition coefficient (Wildman–Crippen LogP) is 4.03. The number of nitrogens with zero attached hydrogens (tertiary/aromatic N) is 4. The van der Waals surface area contributed by atoms with E-state index in [2.05, 4.69) is 15.4 Å². The minimum absolute atomic E-state index is 0.201. The molecule has 3 aromatic carbocycles. The molecule has 0 fully saturated rings. The zero-order valence-electron chi connectivity index (χ0n) is 18.8. The fraction of sp³-hybridized carbons (Fsp3) is 0.0385. The minimum atomic E-state index is -0.474. The van der Waals surface area contributed by atoms with Crippen molar-refractivity contribution < 1.29 is 9.59 Å². The topological polar surface area (TPSA) is 96.7 Å². The van der Waals surface area contributed by atoms with Gasteiger partial charge in [-0.1, -0.05) is 70.9 Å². The van der Waals surface area contributed by atoms with Gasteiger partial charge in [-0.25, -0.2) is 0 Å². The van der Waals surface area contributed by atoms with E-state index >= 15 is 0 Å². The first-order valence-electron chi connectivity index (χ1n) is 11.1. The number of rotatable bonds is 4. The van der Waals surface area contributed by atoms with Gasteiger partial charge in [0, 0.05) is 21.8 Å². The number of para-hydroxylation sites is 2. The molecule has 0 radical (unpaired) electrons. The first kappa shape index (κ1) is 23.4. The van der Waals surface area contributed by atoms with Crippen LogP contribution in [0, 0.1) is 0 Å². The number of amides is 2. The van der Waals surface area contributed by atoms with E-state index in [9.17, 15) is 14.4 Å². The smallest absolute Gasteiger partial charge is 0.291 e. The molecule has 8 nitrogen and oxygen atoms in total. The fourth-order valence-corrected chi connectivity index (χ4v) is 5.68. The fourth-order valence-electron chi connectivity index (χ4n) is 4.19. The predicted molar refractivity (Wildman–Crippen MR) is 144 cm³/mol. The number of anilines is 2. The quantitative estimate of drug-likeness (QED) is 0.366. The molecule has 0 saturated heterocycles. The highest BCUT2D eigenvalue weighted by atomic mass is 35.5. The SMILES string of the molecule is O=C(CN1C(=O)/C(=c2\sc3nc(-c4ccc(Cl)cc4Cl)nn3c2=O)c2ccccc21)Nc1ccccc1. The molecule has 0 bridgehead atoms. The van der Waals surface area contributed by atoms with Gasteiger partial charge in [0.2, 0.25) is 10.9 Å². The Kier molecular flexibility index (Phi) is 5.75. The summed E-state index contributed by atoms with van der Waals surface area (Å²) >= 11 is 13.3. The molecule has 2 amide bonds. The maximum atomic E-state index is 13.6. The van der Waals surface area contributed by atoms with E-state index in [-0.39, 0.29) is 28.4 Å². The lowest BCUT2D eigenvalue weighted by molar-refractivity contribution is -0.118. The largest absolute Gasteiger partial charge is 0.325 e. The monoisotopic (exact) mass is 547 g/mol. The standard InChI is InChI=1S/C26H15Cl2N5O3S/c27-14-10-11-16(18(28)12-14)23-30-26-33(31-23)25(36)22(37-26)21-17-8-4-5-9-19(17)32(24(21)35)13-20(34)29-15-6-2-1-3-7-15/h1-12H,13H2,(H,29,34)/b22-21-. The maximum Gasteiger partial charge on any atom is 0.291 e. The third kappa shape index (κ3) is 4.07. The van der Waals surface area contributed by atoms with E-state index in [1.54, 1.807) is 66.7 Å². The van der Waals surface area contributed by atoms with Gasteiger partial charge in [-0.3, -0.25) is 19.3 Å². The van der Waals surface area contributed by atoms with Crippen LogP contribution < -0.4 is 20.3 Å². The molecule has 0 atom stereocenters. The molecule has 0 saturated carbocycles. The molecule has 3 heterocycles. The van der Waals surface area contributed by atoms with Crippen molar-refractivity contribution in [3.8, 4) is 11.4 Å². The Morgan fingerprint density at radius 2 is 1.70 bits per heavy atom. The number of benzene rings is 3. The first-order chi connectivity index (χ1) is 17.9. The molecular weight excluding hydrogens is 533 g/mol. The molecule has 0 aliphatic carbocycles. The van der Waals surface area contributed by atoms with Crippen molar-refractivity contribution in [1.82, 2.24) is 14.6 Å². The summed E-state index contributed by atoms with van der Waals surface area (Å²) in [5.74, 6) is -0.518. The van der Waals surface area contributed by atoms with Crippen molar-refractivity contribution in [2.24, 2.45) is 0 Å². The van der Waals surface area contributed by atoms with Crippen LogP contribution in [-0.2, 0) is 9.59 Å². The normalized spacial score (nSPS) is 14.3. The minimum Gasteiger partial charge on any atom is -0.325 e. The summed E-state index contributed by atoms with van der Waals surface area (Å²) in [6.45, 7) is -0.206. The molecule has 1 aliphatic rings. The highest BCUT2D eigenvalue weighted by molar-refractivity contribution is 7.15. The van der Waals surface area contributed by atoms with Crippen LogP contribution in [0.1, 0.15) is 5.56 Å². The molecule has 11 heteroatoms. The van der Waals surface area contributed by atoms with Crippen molar-refractivity contribution in [2.45, 2.75) is 0 Å². The van der Waals surface area contributed by atoms with Crippen LogP contribution in [0.3, 0.4) is 0 Å². The summed E-state index contributed by atoms with van der Waals surface area (Å²) in [4.78, 5) is 45.8. The molecule has 5 aromatic rings. The summed E-state index contributed by atoms with van der Waals surface area (Å²) in [7, 11) is 0. The number of hydrogen-bond donors (Lipinski definition) is 1.